The highest BCUT2D eigenvalue weighted by Crippen LogP contribution is 2.21. The van der Waals surface area contributed by atoms with Gasteiger partial charge in [0.1, 0.15) is 5.84 Å². The molecule has 1 aromatic rings. The molecule has 0 bridgehead atoms. The molecule has 0 aliphatic heterocycles. The second-order valence-electron chi connectivity index (χ2n) is 3.49. The predicted octanol–water partition coefficient (Wildman–Crippen LogP) is -0.341. The summed E-state index contributed by atoms with van der Waals surface area (Å²) in [5.74, 6) is -1.05. The molecule has 1 rings (SSSR count). The van der Waals surface area contributed by atoms with Crippen molar-refractivity contribution in [1.82, 2.24) is 0 Å². The molecule has 0 aromatic heterocycles. The first-order valence-corrected chi connectivity index (χ1v) is 6.48. The van der Waals surface area contributed by atoms with Gasteiger partial charge in [-0.15, -0.1) is 10.2 Å². The Morgan fingerprint density at radius 3 is 2.11 bits per heavy atom. The number of carboxylic acids is 1. The number of carboxylic acid groups (broad SMARTS) is 1. The number of amidine groups is 2. The number of hydrogen-bond donors (Lipinski definition) is 5. The van der Waals surface area contributed by atoms with E-state index < -0.39 is 14.3 Å². The highest BCUT2D eigenvalue weighted by atomic mass is 31.2. The van der Waals surface area contributed by atoms with Gasteiger partial charge < -0.3 is 26.4 Å². The Kier molecular flexibility index (Phi) is 5.37. The molecule has 0 heterocycles. The van der Waals surface area contributed by atoms with Gasteiger partial charge in [0, 0.05) is 5.56 Å². The molecule has 0 unspecified atom stereocenters. The maximum atomic E-state index is 10.7. The summed E-state index contributed by atoms with van der Waals surface area (Å²) >= 11 is 0. The number of hydrogen-bond acceptors (Lipinski definition) is 5. The summed E-state index contributed by atoms with van der Waals surface area (Å²) in [6.45, 7) is 0. The molecule has 0 aliphatic rings. The summed E-state index contributed by atoms with van der Waals surface area (Å²) < 4.78 is 0. The van der Waals surface area contributed by atoms with Crippen molar-refractivity contribution in [1.29, 1.82) is 0 Å². The van der Waals surface area contributed by atoms with Crippen molar-refractivity contribution in [3.8, 4) is 0 Å². The predicted molar refractivity (Wildman–Crippen MR) is 72.0 cm³/mol. The summed E-state index contributed by atoms with van der Waals surface area (Å²) in [5.41, 5.74) is 11.6. The van der Waals surface area contributed by atoms with Crippen LogP contribution in [0.2, 0.25) is 0 Å². The van der Waals surface area contributed by atoms with E-state index in [9.17, 15) is 4.79 Å². The van der Waals surface area contributed by atoms with Crippen LogP contribution in [0.4, 0.5) is 0 Å². The fraction of sp³-hybridized carbons (Fsp3) is 0.100. The van der Waals surface area contributed by atoms with E-state index in [1.54, 1.807) is 0 Å². The van der Waals surface area contributed by atoms with Crippen molar-refractivity contribution in [2.45, 2.75) is 0 Å². The highest BCUT2D eigenvalue weighted by Gasteiger charge is 2.04. The first-order valence-electron chi connectivity index (χ1n) is 5.04. The molecule has 7 N–H and O–H groups in total. The van der Waals surface area contributed by atoms with Crippen LogP contribution >= 0.6 is 8.38 Å². The molecule has 0 atom stereocenters. The van der Waals surface area contributed by atoms with Gasteiger partial charge in [-0.1, -0.05) is 12.1 Å². The summed E-state index contributed by atoms with van der Waals surface area (Å²) in [6.07, 6.45) is -0.177. The molecule has 0 spiro atoms. The quantitative estimate of drug-likeness (QED) is 0.215. The molecular formula is C10H13N4O4P. The van der Waals surface area contributed by atoms with Crippen molar-refractivity contribution in [2.24, 2.45) is 21.7 Å². The van der Waals surface area contributed by atoms with E-state index in [0.717, 1.165) is 0 Å². The van der Waals surface area contributed by atoms with Crippen LogP contribution in [0.25, 0.3) is 0 Å². The number of carbonyl (C=O) groups is 1. The van der Waals surface area contributed by atoms with Crippen molar-refractivity contribution < 1.29 is 19.7 Å². The van der Waals surface area contributed by atoms with E-state index in [2.05, 4.69) is 10.2 Å². The molecule has 0 aliphatic carbocycles. The second-order valence-corrected chi connectivity index (χ2v) is 4.55. The van der Waals surface area contributed by atoms with Crippen LogP contribution < -0.4 is 11.5 Å². The Morgan fingerprint density at radius 2 is 1.63 bits per heavy atom. The molecule has 8 nitrogen and oxygen atoms in total. The Balaban J connectivity index is 2.82. The van der Waals surface area contributed by atoms with Crippen LogP contribution in [-0.4, -0.2) is 38.7 Å². The lowest BCUT2D eigenvalue weighted by Gasteiger charge is -2.01. The molecule has 0 amide bonds. The first-order chi connectivity index (χ1) is 8.90. The zero-order valence-corrected chi connectivity index (χ0v) is 10.7. The SMILES string of the molecule is N/C(CP(O)O)=N\N=C(/N)c1ccc(C(=O)O)cc1. The number of benzene rings is 1. The Morgan fingerprint density at radius 1 is 1.11 bits per heavy atom. The number of nitrogens with zero attached hydrogens (tertiary/aromatic N) is 2. The Labute approximate surface area is 110 Å². The molecule has 1 aromatic carbocycles. The zero-order valence-electron chi connectivity index (χ0n) is 9.76. The van der Waals surface area contributed by atoms with E-state index in [4.69, 9.17) is 26.4 Å². The monoisotopic (exact) mass is 284 g/mol. The minimum atomic E-state index is -2.17. The van der Waals surface area contributed by atoms with Crippen molar-refractivity contribution >= 4 is 26.0 Å². The smallest absolute Gasteiger partial charge is 0.335 e. The fourth-order valence-electron chi connectivity index (χ4n) is 1.14. The van der Waals surface area contributed by atoms with Gasteiger partial charge >= 0.3 is 5.97 Å². The van der Waals surface area contributed by atoms with Crippen LogP contribution in [0.5, 0.6) is 0 Å². The third-order valence-electron chi connectivity index (χ3n) is 2.02. The van der Waals surface area contributed by atoms with Gasteiger partial charge in [0.2, 0.25) is 0 Å². The summed E-state index contributed by atoms with van der Waals surface area (Å²) in [4.78, 5) is 28.1. The van der Waals surface area contributed by atoms with Crippen molar-refractivity contribution in [3.63, 3.8) is 0 Å². The van der Waals surface area contributed by atoms with Crippen LogP contribution in [0, 0.1) is 0 Å². The van der Waals surface area contributed by atoms with Crippen LogP contribution in [0.3, 0.4) is 0 Å². The largest absolute Gasteiger partial charge is 0.478 e. The van der Waals surface area contributed by atoms with Crippen molar-refractivity contribution in [2.75, 3.05) is 6.16 Å². The van der Waals surface area contributed by atoms with Gasteiger partial charge in [-0.2, -0.15) is 0 Å². The molecule has 0 saturated heterocycles. The topological polar surface area (TPSA) is 155 Å². The van der Waals surface area contributed by atoms with Gasteiger partial charge in [-0.25, -0.2) is 4.79 Å². The summed E-state index contributed by atoms with van der Waals surface area (Å²) in [7, 11) is -2.17. The van der Waals surface area contributed by atoms with E-state index >= 15 is 0 Å². The van der Waals surface area contributed by atoms with E-state index in [1.165, 1.54) is 24.3 Å². The van der Waals surface area contributed by atoms with Crippen LogP contribution in [-0.2, 0) is 0 Å². The molecule has 0 radical (unpaired) electrons. The maximum Gasteiger partial charge on any atom is 0.335 e. The molecule has 102 valence electrons. The van der Waals surface area contributed by atoms with Crippen molar-refractivity contribution in [3.05, 3.63) is 35.4 Å². The van der Waals surface area contributed by atoms with Crippen LogP contribution in [0.1, 0.15) is 15.9 Å². The fourth-order valence-corrected chi connectivity index (χ4v) is 1.49. The summed E-state index contributed by atoms with van der Waals surface area (Å²) in [6, 6.07) is 5.74. The van der Waals surface area contributed by atoms with Gasteiger partial charge in [0.05, 0.1) is 11.7 Å². The number of rotatable bonds is 5. The maximum absolute atomic E-state index is 10.7. The van der Waals surface area contributed by atoms with Gasteiger partial charge in [-0.3, -0.25) is 0 Å². The van der Waals surface area contributed by atoms with Gasteiger partial charge in [-0.05, 0) is 12.1 Å². The first kappa shape index (κ1) is 15.0. The zero-order chi connectivity index (χ0) is 14.4. The average Bonchev–Trinajstić information content (AvgIpc) is 2.35. The minimum Gasteiger partial charge on any atom is -0.478 e. The van der Waals surface area contributed by atoms with E-state index in [0.29, 0.717) is 5.56 Å². The second kappa shape index (κ2) is 6.79. The van der Waals surface area contributed by atoms with E-state index in [1.807, 2.05) is 0 Å². The lowest BCUT2D eigenvalue weighted by Crippen LogP contribution is -2.17. The molecule has 9 heteroatoms. The van der Waals surface area contributed by atoms with E-state index in [-0.39, 0.29) is 23.4 Å². The van der Waals surface area contributed by atoms with Gasteiger partial charge in [0.25, 0.3) is 0 Å². The average molecular weight is 284 g/mol. The normalized spacial score (nSPS) is 12.8. The molecule has 0 fully saturated rings. The number of aromatic carboxylic acids is 1. The summed E-state index contributed by atoms with van der Waals surface area (Å²) in [5, 5.41) is 15.9. The van der Waals surface area contributed by atoms with Crippen LogP contribution in [0.15, 0.2) is 34.5 Å². The third-order valence-corrected chi connectivity index (χ3v) is 2.62. The number of nitrogens with two attached hydrogens (primary N) is 2. The lowest BCUT2D eigenvalue weighted by molar-refractivity contribution is 0.0697. The standard InChI is InChI=1S/C10H13N4O4P/c11-8(5-19(17)18)13-14-9(12)6-1-3-7(4-2-6)10(15)16/h1-4,17-18H,5H2,(H2,11,13)(H2,12,14)(H,15,16). The lowest BCUT2D eigenvalue weighted by atomic mass is 10.1. The molecular weight excluding hydrogens is 271 g/mol. The Hall–Kier alpha value is -2.02. The Bertz CT molecular complexity index is 513. The van der Waals surface area contributed by atoms with Gasteiger partial charge in [0.15, 0.2) is 14.2 Å². The molecule has 0 saturated carbocycles. The highest BCUT2D eigenvalue weighted by molar-refractivity contribution is 7.46. The third kappa shape index (κ3) is 5.01. The molecule has 19 heavy (non-hydrogen) atoms. The minimum absolute atomic E-state index is 0.0418.